The lowest BCUT2D eigenvalue weighted by Crippen LogP contribution is -2.20. The molecule has 1 aromatic carbocycles. The molecule has 0 spiro atoms. The van der Waals surface area contributed by atoms with Crippen LogP contribution in [0.15, 0.2) is 29.2 Å². The molecule has 0 aliphatic heterocycles. The predicted octanol–water partition coefficient (Wildman–Crippen LogP) is 2.93. The quantitative estimate of drug-likeness (QED) is 0.832. The van der Waals surface area contributed by atoms with Crippen LogP contribution in [-0.4, -0.2) is 15.2 Å². The van der Waals surface area contributed by atoms with Gasteiger partial charge in [0.25, 0.3) is 0 Å². The average Bonchev–Trinajstić information content (AvgIpc) is 2.73. The van der Waals surface area contributed by atoms with E-state index in [2.05, 4.69) is 0 Å². The summed E-state index contributed by atoms with van der Waals surface area (Å²) in [6.07, 6.45) is -2.94. The minimum atomic E-state index is -4.46. The summed E-state index contributed by atoms with van der Waals surface area (Å²) < 4.78 is 49.6. The molecule has 0 N–H and O–H groups in total. The minimum Gasteiger partial charge on any atom is -0.298 e. The van der Waals surface area contributed by atoms with Gasteiger partial charge in [-0.25, -0.2) is 0 Å². The maximum Gasteiger partial charge on any atom is 0.416 e. The van der Waals surface area contributed by atoms with E-state index in [1.165, 1.54) is 12.1 Å². The molecule has 0 saturated heterocycles. The van der Waals surface area contributed by atoms with Gasteiger partial charge in [-0.15, -0.1) is 0 Å². The van der Waals surface area contributed by atoms with E-state index in [-0.39, 0.29) is 10.7 Å². The minimum absolute atomic E-state index is 0.0741. The van der Waals surface area contributed by atoms with Gasteiger partial charge in [-0.2, -0.15) is 13.2 Å². The SMILES string of the molecule is O=C1CCCC1S(=O)c1cccc(C(F)(F)F)c1. The summed E-state index contributed by atoms with van der Waals surface area (Å²) in [5, 5.41) is -0.645. The Bertz CT molecular complexity index is 496. The third kappa shape index (κ3) is 2.63. The summed E-state index contributed by atoms with van der Waals surface area (Å²) in [6, 6.07) is 4.38. The van der Waals surface area contributed by atoms with Crippen LogP contribution in [0.25, 0.3) is 0 Å². The Balaban J connectivity index is 2.28. The molecule has 1 aromatic rings. The first-order valence-corrected chi connectivity index (χ1v) is 6.71. The van der Waals surface area contributed by atoms with Crippen LogP contribution in [0.2, 0.25) is 0 Å². The van der Waals surface area contributed by atoms with Crippen LogP contribution < -0.4 is 0 Å². The molecule has 1 saturated carbocycles. The normalized spacial score (nSPS) is 22.2. The number of carbonyl (C=O) groups excluding carboxylic acids is 1. The lowest BCUT2D eigenvalue weighted by Gasteiger charge is -2.11. The molecule has 98 valence electrons. The van der Waals surface area contributed by atoms with Crippen LogP contribution in [0.1, 0.15) is 24.8 Å². The Morgan fingerprint density at radius 2 is 2.00 bits per heavy atom. The fourth-order valence-electron chi connectivity index (χ4n) is 1.97. The number of rotatable bonds is 2. The number of carbonyl (C=O) groups is 1. The molecular formula is C12H11F3O2S. The zero-order chi connectivity index (χ0) is 13.3. The molecule has 6 heteroatoms. The van der Waals surface area contributed by atoms with Crippen molar-refractivity contribution in [1.82, 2.24) is 0 Å². The first-order valence-electron chi connectivity index (χ1n) is 5.50. The van der Waals surface area contributed by atoms with Gasteiger partial charge in [-0.1, -0.05) is 6.07 Å². The Morgan fingerprint density at radius 3 is 2.56 bits per heavy atom. The van der Waals surface area contributed by atoms with E-state index < -0.39 is 27.8 Å². The highest BCUT2D eigenvalue weighted by Gasteiger charge is 2.33. The Morgan fingerprint density at radius 1 is 1.28 bits per heavy atom. The molecule has 1 fully saturated rings. The van der Waals surface area contributed by atoms with Crippen molar-refractivity contribution in [2.75, 3.05) is 0 Å². The standard InChI is InChI=1S/C12H11F3O2S/c13-12(14,15)8-3-1-4-9(7-8)18(17)11-6-2-5-10(11)16/h1,3-4,7,11H,2,5-6H2. The Hall–Kier alpha value is -1.17. The van der Waals surface area contributed by atoms with Gasteiger partial charge in [-0.3, -0.25) is 9.00 Å². The van der Waals surface area contributed by atoms with E-state index in [0.717, 1.165) is 12.1 Å². The van der Waals surface area contributed by atoms with Crippen LogP contribution in [-0.2, 0) is 21.8 Å². The number of ketones is 1. The van der Waals surface area contributed by atoms with Gasteiger partial charge in [0.05, 0.1) is 21.6 Å². The molecule has 0 radical (unpaired) electrons. The van der Waals surface area contributed by atoms with Crippen LogP contribution in [0, 0.1) is 0 Å². The number of hydrogen-bond acceptors (Lipinski definition) is 2. The van der Waals surface area contributed by atoms with Crippen LogP contribution in [0.5, 0.6) is 0 Å². The monoisotopic (exact) mass is 276 g/mol. The van der Waals surface area contributed by atoms with Gasteiger partial charge in [0, 0.05) is 11.3 Å². The zero-order valence-corrected chi connectivity index (χ0v) is 10.2. The molecule has 2 unspecified atom stereocenters. The van der Waals surface area contributed by atoms with Crippen molar-refractivity contribution in [3.05, 3.63) is 29.8 Å². The van der Waals surface area contributed by atoms with E-state index in [4.69, 9.17) is 0 Å². The highest BCUT2D eigenvalue weighted by molar-refractivity contribution is 7.86. The second-order valence-corrected chi connectivity index (χ2v) is 5.81. The summed E-state index contributed by atoms with van der Waals surface area (Å²) in [5.74, 6) is -0.120. The molecule has 2 rings (SSSR count). The van der Waals surface area contributed by atoms with Crippen molar-refractivity contribution in [3.63, 3.8) is 0 Å². The molecule has 2 nitrogen and oxygen atoms in total. The maximum atomic E-state index is 12.5. The van der Waals surface area contributed by atoms with Crippen molar-refractivity contribution in [3.8, 4) is 0 Å². The molecule has 1 aliphatic rings. The number of halogens is 3. The van der Waals surface area contributed by atoms with E-state index in [9.17, 15) is 22.2 Å². The zero-order valence-electron chi connectivity index (χ0n) is 9.37. The predicted molar refractivity (Wildman–Crippen MR) is 60.5 cm³/mol. The molecule has 0 amide bonds. The van der Waals surface area contributed by atoms with Crippen LogP contribution in [0.3, 0.4) is 0 Å². The van der Waals surface area contributed by atoms with E-state index in [1.54, 1.807) is 0 Å². The molecule has 2 atom stereocenters. The van der Waals surface area contributed by atoms with Gasteiger partial charge in [0.2, 0.25) is 0 Å². The Kier molecular flexibility index (Phi) is 3.56. The largest absolute Gasteiger partial charge is 0.416 e. The highest BCUT2D eigenvalue weighted by Crippen LogP contribution is 2.31. The second-order valence-electron chi connectivity index (χ2n) is 4.17. The first kappa shape index (κ1) is 13.3. The van der Waals surface area contributed by atoms with Crippen LogP contribution >= 0.6 is 0 Å². The third-order valence-electron chi connectivity index (χ3n) is 2.90. The van der Waals surface area contributed by atoms with Gasteiger partial charge in [0.15, 0.2) is 0 Å². The molecule has 18 heavy (non-hydrogen) atoms. The maximum absolute atomic E-state index is 12.5. The molecule has 0 aromatic heterocycles. The molecule has 0 bridgehead atoms. The van der Waals surface area contributed by atoms with Crippen LogP contribution in [0.4, 0.5) is 13.2 Å². The van der Waals surface area contributed by atoms with Gasteiger partial charge in [0.1, 0.15) is 5.78 Å². The van der Waals surface area contributed by atoms with E-state index >= 15 is 0 Å². The summed E-state index contributed by atoms with van der Waals surface area (Å²) >= 11 is 0. The van der Waals surface area contributed by atoms with Crippen molar-refractivity contribution < 1.29 is 22.2 Å². The number of alkyl halides is 3. The number of Topliss-reactive ketones (excluding diaryl/α,β-unsaturated/α-hetero) is 1. The van der Waals surface area contributed by atoms with Crippen molar-refractivity contribution in [2.45, 2.75) is 35.6 Å². The smallest absolute Gasteiger partial charge is 0.298 e. The average molecular weight is 276 g/mol. The second kappa shape index (κ2) is 4.84. The topological polar surface area (TPSA) is 34.1 Å². The summed E-state index contributed by atoms with van der Waals surface area (Å²) in [6.45, 7) is 0. The number of hydrogen-bond donors (Lipinski definition) is 0. The fourth-order valence-corrected chi connectivity index (χ4v) is 3.49. The first-order chi connectivity index (χ1) is 8.39. The van der Waals surface area contributed by atoms with E-state index in [1.807, 2.05) is 0 Å². The van der Waals surface area contributed by atoms with Crippen molar-refractivity contribution in [2.24, 2.45) is 0 Å². The van der Waals surface area contributed by atoms with E-state index in [0.29, 0.717) is 19.3 Å². The summed E-state index contributed by atoms with van der Waals surface area (Å²) in [7, 11) is -1.68. The Labute approximate surface area is 105 Å². The molecule has 1 aliphatic carbocycles. The van der Waals surface area contributed by atoms with Crippen molar-refractivity contribution >= 4 is 16.6 Å². The van der Waals surface area contributed by atoms with Gasteiger partial charge in [-0.05, 0) is 31.0 Å². The van der Waals surface area contributed by atoms with Gasteiger partial charge >= 0.3 is 6.18 Å². The number of benzene rings is 1. The molecular weight excluding hydrogens is 265 g/mol. The van der Waals surface area contributed by atoms with Crippen molar-refractivity contribution in [1.29, 1.82) is 0 Å². The summed E-state index contributed by atoms with van der Waals surface area (Å²) in [5.41, 5.74) is -0.834. The van der Waals surface area contributed by atoms with Gasteiger partial charge < -0.3 is 0 Å². The lowest BCUT2D eigenvalue weighted by atomic mass is 10.2. The fraction of sp³-hybridized carbons (Fsp3) is 0.417. The third-order valence-corrected chi connectivity index (χ3v) is 4.63. The molecule has 0 heterocycles. The highest BCUT2D eigenvalue weighted by atomic mass is 32.2. The summed E-state index contributed by atoms with van der Waals surface area (Å²) in [4.78, 5) is 11.5. The lowest BCUT2D eigenvalue weighted by molar-refractivity contribution is -0.137.